The maximum atomic E-state index is 11.4. The molecule has 1 fully saturated rings. The van der Waals surface area contributed by atoms with Crippen LogP contribution in [0.15, 0.2) is 0 Å². The molecule has 1 rings (SSSR count). The van der Waals surface area contributed by atoms with Crippen molar-refractivity contribution in [2.75, 3.05) is 33.0 Å². The van der Waals surface area contributed by atoms with Gasteiger partial charge in [0, 0.05) is 38.1 Å². The molecule has 0 radical (unpaired) electrons. The molecule has 106 valence electrons. The number of rotatable bonds is 9. The van der Waals surface area contributed by atoms with Crippen LogP contribution in [-0.2, 0) is 14.3 Å². The van der Waals surface area contributed by atoms with E-state index in [1.165, 1.54) is 0 Å². The Morgan fingerprint density at radius 2 is 2.44 bits per heavy atom. The van der Waals surface area contributed by atoms with Gasteiger partial charge in [0.05, 0.1) is 13.2 Å². The molecule has 0 aromatic rings. The SMILES string of the molecule is CC(N)CCC(=O)NCCCOCC1CCOC1. The maximum absolute atomic E-state index is 11.4. The topological polar surface area (TPSA) is 73.6 Å². The van der Waals surface area contributed by atoms with Crippen LogP contribution in [-0.4, -0.2) is 44.9 Å². The molecule has 3 N–H and O–H groups in total. The van der Waals surface area contributed by atoms with Crippen molar-refractivity contribution in [3.8, 4) is 0 Å². The Labute approximate surface area is 109 Å². The van der Waals surface area contributed by atoms with Crippen molar-refractivity contribution in [3.05, 3.63) is 0 Å². The van der Waals surface area contributed by atoms with Gasteiger partial charge in [-0.25, -0.2) is 0 Å². The van der Waals surface area contributed by atoms with Gasteiger partial charge in [-0.05, 0) is 26.2 Å². The Morgan fingerprint density at radius 1 is 1.61 bits per heavy atom. The summed E-state index contributed by atoms with van der Waals surface area (Å²) in [4.78, 5) is 11.4. The van der Waals surface area contributed by atoms with Crippen molar-refractivity contribution in [2.45, 2.75) is 38.6 Å². The van der Waals surface area contributed by atoms with Crippen molar-refractivity contribution in [2.24, 2.45) is 11.7 Å². The molecule has 2 atom stereocenters. The highest BCUT2D eigenvalue weighted by atomic mass is 16.5. The highest BCUT2D eigenvalue weighted by Crippen LogP contribution is 2.12. The van der Waals surface area contributed by atoms with Crippen LogP contribution in [0.5, 0.6) is 0 Å². The van der Waals surface area contributed by atoms with Gasteiger partial charge in [-0.2, -0.15) is 0 Å². The van der Waals surface area contributed by atoms with E-state index in [2.05, 4.69) is 5.32 Å². The average molecular weight is 258 g/mol. The molecular weight excluding hydrogens is 232 g/mol. The summed E-state index contributed by atoms with van der Waals surface area (Å²) < 4.78 is 10.8. The second-order valence-corrected chi connectivity index (χ2v) is 5.02. The van der Waals surface area contributed by atoms with E-state index >= 15 is 0 Å². The summed E-state index contributed by atoms with van der Waals surface area (Å²) in [5, 5.41) is 2.87. The van der Waals surface area contributed by atoms with Crippen molar-refractivity contribution >= 4 is 5.91 Å². The number of amides is 1. The zero-order chi connectivity index (χ0) is 13.2. The van der Waals surface area contributed by atoms with Gasteiger partial charge in [0.1, 0.15) is 0 Å². The van der Waals surface area contributed by atoms with Gasteiger partial charge in [-0.15, -0.1) is 0 Å². The van der Waals surface area contributed by atoms with Crippen LogP contribution in [0.2, 0.25) is 0 Å². The molecule has 0 aliphatic carbocycles. The third-order valence-corrected chi connectivity index (χ3v) is 2.99. The van der Waals surface area contributed by atoms with E-state index in [9.17, 15) is 4.79 Å². The highest BCUT2D eigenvalue weighted by Gasteiger charge is 2.15. The summed E-state index contributed by atoms with van der Waals surface area (Å²) in [5.74, 6) is 0.641. The summed E-state index contributed by atoms with van der Waals surface area (Å²) in [6, 6.07) is 0.0905. The molecule has 1 heterocycles. The number of nitrogens with two attached hydrogens (primary N) is 1. The van der Waals surface area contributed by atoms with E-state index in [4.69, 9.17) is 15.2 Å². The number of nitrogens with one attached hydrogen (secondary N) is 1. The Balaban J connectivity index is 1.84. The quantitative estimate of drug-likeness (QED) is 0.596. The zero-order valence-electron chi connectivity index (χ0n) is 11.3. The lowest BCUT2D eigenvalue weighted by Gasteiger charge is -2.09. The minimum Gasteiger partial charge on any atom is -0.381 e. The number of ether oxygens (including phenoxy) is 2. The summed E-state index contributed by atoms with van der Waals surface area (Å²) in [5.41, 5.74) is 5.58. The lowest BCUT2D eigenvalue weighted by atomic mass is 10.1. The predicted molar refractivity (Wildman–Crippen MR) is 70.3 cm³/mol. The van der Waals surface area contributed by atoms with Gasteiger partial charge in [0.25, 0.3) is 0 Å². The normalized spacial score (nSPS) is 20.9. The largest absolute Gasteiger partial charge is 0.381 e. The number of carbonyl (C=O) groups is 1. The number of carbonyl (C=O) groups excluding carboxylic acids is 1. The van der Waals surface area contributed by atoms with E-state index < -0.39 is 0 Å². The molecule has 0 aromatic heterocycles. The summed E-state index contributed by atoms with van der Waals surface area (Å²) in [6.07, 6.45) is 3.22. The van der Waals surface area contributed by atoms with Crippen LogP contribution in [0.3, 0.4) is 0 Å². The lowest BCUT2D eigenvalue weighted by Crippen LogP contribution is -2.27. The van der Waals surface area contributed by atoms with Crippen molar-refractivity contribution in [1.82, 2.24) is 5.32 Å². The highest BCUT2D eigenvalue weighted by molar-refractivity contribution is 5.75. The molecule has 1 aliphatic heterocycles. The van der Waals surface area contributed by atoms with Crippen LogP contribution < -0.4 is 11.1 Å². The molecule has 1 saturated heterocycles. The van der Waals surface area contributed by atoms with Crippen LogP contribution >= 0.6 is 0 Å². The van der Waals surface area contributed by atoms with Crippen LogP contribution in [0, 0.1) is 5.92 Å². The second-order valence-electron chi connectivity index (χ2n) is 5.02. The molecule has 18 heavy (non-hydrogen) atoms. The molecule has 1 aliphatic rings. The molecule has 0 saturated carbocycles. The van der Waals surface area contributed by atoms with Gasteiger partial charge in [0.2, 0.25) is 5.91 Å². The van der Waals surface area contributed by atoms with Gasteiger partial charge >= 0.3 is 0 Å². The number of hydrogen-bond acceptors (Lipinski definition) is 4. The smallest absolute Gasteiger partial charge is 0.220 e. The first-order valence-corrected chi connectivity index (χ1v) is 6.86. The first kappa shape index (κ1) is 15.4. The Hall–Kier alpha value is -0.650. The average Bonchev–Trinajstić information content (AvgIpc) is 2.84. The fourth-order valence-electron chi connectivity index (χ4n) is 1.81. The van der Waals surface area contributed by atoms with Gasteiger partial charge in [0.15, 0.2) is 0 Å². The molecule has 2 unspecified atom stereocenters. The molecular formula is C13H26N2O3. The zero-order valence-corrected chi connectivity index (χ0v) is 11.3. The van der Waals surface area contributed by atoms with Crippen molar-refractivity contribution in [3.63, 3.8) is 0 Å². The van der Waals surface area contributed by atoms with E-state index in [1.54, 1.807) is 0 Å². The van der Waals surface area contributed by atoms with Gasteiger partial charge in [-0.1, -0.05) is 0 Å². The van der Waals surface area contributed by atoms with Crippen molar-refractivity contribution in [1.29, 1.82) is 0 Å². The molecule has 5 heteroatoms. The fourth-order valence-corrected chi connectivity index (χ4v) is 1.81. The van der Waals surface area contributed by atoms with Gasteiger partial charge < -0.3 is 20.5 Å². The molecule has 1 amide bonds. The Kier molecular flexibility index (Phi) is 7.96. The van der Waals surface area contributed by atoms with Crippen LogP contribution in [0.25, 0.3) is 0 Å². The van der Waals surface area contributed by atoms with Crippen molar-refractivity contribution < 1.29 is 14.3 Å². The van der Waals surface area contributed by atoms with E-state index in [0.29, 0.717) is 25.5 Å². The van der Waals surface area contributed by atoms with E-state index in [-0.39, 0.29) is 11.9 Å². The number of hydrogen-bond donors (Lipinski definition) is 2. The minimum atomic E-state index is 0.0801. The standard InChI is InChI=1S/C13H26N2O3/c1-11(14)3-4-13(16)15-6-2-7-17-9-12-5-8-18-10-12/h11-12H,2-10,14H2,1H3,(H,15,16). The third kappa shape index (κ3) is 7.63. The maximum Gasteiger partial charge on any atom is 0.220 e. The lowest BCUT2D eigenvalue weighted by molar-refractivity contribution is -0.121. The first-order valence-electron chi connectivity index (χ1n) is 6.86. The summed E-state index contributed by atoms with van der Waals surface area (Å²) >= 11 is 0. The third-order valence-electron chi connectivity index (χ3n) is 2.99. The Bertz CT molecular complexity index is 228. The fraction of sp³-hybridized carbons (Fsp3) is 0.923. The molecule has 0 aromatic carbocycles. The summed E-state index contributed by atoms with van der Waals surface area (Å²) in [7, 11) is 0. The van der Waals surface area contributed by atoms with Crippen LogP contribution in [0.4, 0.5) is 0 Å². The minimum absolute atomic E-state index is 0.0801. The van der Waals surface area contributed by atoms with E-state index in [0.717, 1.165) is 39.1 Å². The second kappa shape index (κ2) is 9.30. The van der Waals surface area contributed by atoms with Crippen LogP contribution in [0.1, 0.15) is 32.6 Å². The predicted octanol–water partition coefficient (Wildman–Crippen LogP) is 0.673. The Morgan fingerprint density at radius 3 is 3.11 bits per heavy atom. The van der Waals surface area contributed by atoms with E-state index in [1.807, 2.05) is 6.92 Å². The summed E-state index contributed by atoms with van der Waals surface area (Å²) in [6.45, 7) is 5.76. The first-order chi connectivity index (χ1) is 8.68. The molecule has 5 nitrogen and oxygen atoms in total. The molecule has 0 bridgehead atoms. The molecule has 0 spiro atoms. The van der Waals surface area contributed by atoms with Gasteiger partial charge in [-0.3, -0.25) is 4.79 Å². The monoisotopic (exact) mass is 258 g/mol.